The first-order valence-electron chi connectivity index (χ1n) is 6.63. The van der Waals surface area contributed by atoms with Crippen LogP contribution in [0.4, 0.5) is 4.39 Å². The molecule has 1 aromatic carbocycles. The number of aryl methyl sites for hydroxylation is 1. The van der Waals surface area contributed by atoms with Gasteiger partial charge in [-0.1, -0.05) is 18.2 Å². The smallest absolute Gasteiger partial charge is 0.220 e. The Kier molecular flexibility index (Phi) is 5.68. The van der Waals surface area contributed by atoms with Crippen molar-refractivity contribution in [1.29, 1.82) is 0 Å². The number of nitrogens with one attached hydrogen (secondary N) is 1. The molecule has 0 saturated carbocycles. The zero-order valence-corrected chi connectivity index (χ0v) is 12.0. The maximum atomic E-state index is 13.4. The first kappa shape index (κ1) is 14.7. The highest BCUT2D eigenvalue weighted by Gasteiger charge is 2.04. The molecule has 0 spiro atoms. The number of aromatic nitrogens is 1. The molecule has 2 rings (SSSR count). The lowest BCUT2D eigenvalue weighted by atomic mass is 10.1. The number of rotatable bonds is 7. The number of carbonyl (C=O) groups is 1. The zero-order chi connectivity index (χ0) is 14.2. The highest BCUT2D eigenvalue weighted by atomic mass is 32.1. The Bertz CT molecular complexity index is 543. The Morgan fingerprint density at radius 3 is 2.90 bits per heavy atom. The van der Waals surface area contributed by atoms with Gasteiger partial charge in [0.25, 0.3) is 0 Å². The number of hydrogen-bond donors (Lipinski definition) is 1. The van der Waals surface area contributed by atoms with E-state index in [1.807, 2.05) is 11.4 Å². The first-order chi connectivity index (χ1) is 9.75. The van der Waals surface area contributed by atoms with Crippen LogP contribution in [0.2, 0.25) is 0 Å². The monoisotopic (exact) mass is 292 g/mol. The van der Waals surface area contributed by atoms with Crippen molar-refractivity contribution in [3.05, 3.63) is 52.2 Å². The lowest BCUT2D eigenvalue weighted by molar-refractivity contribution is -0.121. The van der Waals surface area contributed by atoms with Gasteiger partial charge in [-0.25, -0.2) is 9.37 Å². The minimum absolute atomic E-state index is 0.0107. The van der Waals surface area contributed by atoms with E-state index in [1.165, 1.54) is 6.07 Å². The minimum atomic E-state index is -0.198. The van der Waals surface area contributed by atoms with Gasteiger partial charge in [0.2, 0.25) is 5.91 Å². The quantitative estimate of drug-likeness (QED) is 0.852. The number of halogens is 1. The first-order valence-corrected chi connectivity index (χ1v) is 7.57. The van der Waals surface area contributed by atoms with Crippen molar-refractivity contribution >= 4 is 17.2 Å². The predicted molar refractivity (Wildman–Crippen MR) is 78.2 cm³/mol. The van der Waals surface area contributed by atoms with E-state index in [1.54, 1.807) is 29.0 Å². The molecule has 1 heterocycles. The summed E-state index contributed by atoms with van der Waals surface area (Å²) in [7, 11) is 0. The SMILES string of the molecule is O=C(CCCc1ccccc1F)NCCc1cscn1. The van der Waals surface area contributed by atoms with E-state index in [0.717, 1.165) is 12.1 Å². The van der Waals surface area contributed by atoms with Gasteiger partial charge in [-0.15, -0.1) is 11.3 Å². The van der Waals surface area contributed by atoms with Crippen molar-refractivity contribution in [3.63, 3.8) is 0 Å². The average molecular weight is 292 g/mol. The molecule has 0 unspecified atom stereocenters. The minimum Gasteiger partial charge on any atom is -0.356 e. The molecular weight excluding hydrogens is 275 g/mol. The van der Waals surface area contributed by atoms with Gasteiger partial charge in [0, 0.05) is 24.8 Å². The van der Waals surface area contributed by atoms with Crippen LogP contribution in [0.3, 0.4) is 0 Å². The number of nitrogens with zero attached hydrogens (tertiary/aromatic N) is 1. The summed E-state index contributed by atoms with van der Waals surface area (Å²) in [6, 6.07) is 6.69. The second-order valence-electron chi connectivity index (χ2n) is 4.52. The standard InChI is InChI=1S/C15H17FN2OS/c16-14-6-2-1-4-12(14)5-3-7-15(19)17-9-8-13-10-20-11-18-13/h1-2,4,6,10-11H,3,5,7-9H2,(H,17,19). The van der Waals surface area contributed by atoms with Crippen LogP contribution in [0.25, 0.3) is 0 Å². The molecule has 0 fully saturated rings. The fourth-order valence-corrected chi connectivity index (χ4v) is 2.51. The van der Waals surface area contributed by atoms with E-state index in [0.29, 0.717) is 31.4 Å². The number of benzene rings is 1. The van der Waals surface area contributed by atoms with Gasteiger partial charge in [0.05, 0.1) is 11.2 Å². The van der Waals surface area contributed by atoms with E-state index >= 15 is 0 Å². The lowest BCUT2D eigenvalue weighted by Gasteiger charge is -2.05. The van der Waals surface area contributed by atoms with E-state index in [4.69, 9.17) is 0 Å². The molecule has 0 aliphatic heterocycles. The summed E-state index contributed by atoms with van der Waals surface area (Å²) in [5.41, 5.74) is 3.45. The third kappa shape index (κ3) is 4.74. The van der Waals surface area contributed by atoms with Gasteiger partial charge in [-0.2, -0.15) is 0 Å². The van der Waals surface area contributed by atoms with Crippen LogP contribution in [0, 0.1) is 5.82 Å². The molecule has 1 aromatic heterocycles. The third-order valence-corrected chi connectivity index (χ3v) is 3.63. The summed E-state index contributed by atoms with van der Waals surface area (Å²) < 4.78 is 13.4. The average Bonchev–Trinajstić information content (AvgIpc) is 2.94. The van der Waals surface area contributed by atoms with Crippen molar-refractivity contribution in [2.45, 2.75) is 25.7 Å². The van der Waals surface area contributed by atoms with Crippen LogP contribution in [-0.2, 0) is 17.6 Å². The Morgan fingerprint density at radius 1 is 1.30 bits per heavy atom. The van der Waals surface area contributed by atoms with E-state index in [9.17, 15) is 9.18 Å². The topological polar surface area (TPSA) is 42.0 Å². The van der Waals surface area contributed by atoms with Crippen molar-refractivity contribution in [3.8, 4) is 0 Å². The van der Waals surface area contributed by atoms with E-state index < -0.39 is 0 Å². The Morgan fingerprint density at radius 2 is 2.15 bits per heavy atom. The highest BCUT2D eigenvalue weighted by Crippen LogP contribution is 2.09. The molecule has 20 heavy (non-hydrogen) atoms. The zero-order valence-electron chi connectivity index (χ0n) is 11.1. The summed E-state index contributed by atoms with van der Waals surface area (Å²) in [5, 5.41) is 4.83. The summed E-state index contributed by atoms with van der Waals surface area (Å²) in [6.45, 7) is 0.599. The molecule has 0 saturated heterocycles. The molecule has 106 valence electrons. The van der Waals surface area contributed by atoms with Crippen molar-refractivity contribution in [2.75, 3.05) is 6.54 Å². The van der Waals surface area contributed by atoms with Crippen LogP contribution in [0.15, 0.2) is 35.2 Å². The van der Waals surface area contributed by atoms with Gasteiger partial charge in [-0.3, -0.25) is 4.79 Å². The Hall–Kier alpha value is -1.75. The summed E-state index contributed by atoms with van der Waals surface area (Å²) >= 11 is 1.55. The summed E-state index contributed by atoms with van der Waals surface area (Å²) in [4.78, 5) is 15.8. The molecule has 1 N–H and O–H groups in total. The summed E-state index contributed by atoms with van der Waals surface area (Å²) in [5.74, 6) is -0.187. The molecule has 0 aliphatic rings. The van der Waals surface area contributed by atoms with Crippen molar-refractivity contribution in [1.82, 2.24) is 10.3 Å². The number of hydrogen-bond acceptors (Lipinski definition) is 3. The van der Waals surface area contributed by atoms with Crippen molar-refractivity contribution in [2.24, 2.45) is 0 Å². The van der Waals surface area contributed by atoms with Gasteiger partial charge in [0.15, 0.2) is 0 Å². The van der Waals surface area contributed by atoms with Crippen molar-refractivity contribution < 1.29 is 9.18 Å². The van der Waals surface area contributed by atoms with Crippen LogP contribution < -0.4 is 5.32 Å². The predicted octanol–water partition coefficient (Wildman–Crippen LogP) is 2.96. The van der Waals surface area contributed by atoms with E-state index in [-0.39, 0.29) is 11.7 Å². The fourth-order valence-electron chi connectivity index (χ4n) is 1.92. The van der Waals surface area contributed by atoms with Gasteiger partial charge < -0.3 is 5.32 Å². The Labute approximate surface area is 121 Å². The van der Waals surface area contributed by atoms with Crippen LogP contribution in [0.5, 0.6) is 0 Å². The number of thiazole rings is 1. The van der Waals surface area contributed by atoms with Crippen LogP contribution >= 0.6 is 11.3 Å². The third-order valence-electron chi connectivity index (χ3n) is 2.99. The molecule has 5 heteroatoms. The molecule has 3 nitrogen and oxygen atoms in total. The Balaban J connectivity index is 1.62. The molecule has 0 aliphatic carbocycles. The van der Waals surface area contributed by atoms with E-state index in [2.05, 4.69) is 10.3 Å². The summed E-state index contributed by atoms with van der Waals surface area (Å²) in [6.07, 6.45) is 2.42. The molecule has 0 atom stereocenters. The lowest BCUT2D eigenvalue weighted by Crippen LogP contribution is -2.25. The van der Waals surface area contributed by atoms with Crippen LogP contribution in [-0.4, -0.2) is 17.4 Å². The molecule has 0 radical (unpaired) electrons. The molecule has 1 amide bonds. The highest BCUT2D eigenvalue weighted by molar-refractivity contribution is 7.07. The second-order valence-corrected chi connectivity index (χ2v) is 5.24. The maximum absolute atomic E-state index is 13.4. The van der Waals surface area contributed by atoms with Gasteiger partial charge in [-0.05, 0) is 24.5 Å². The molecular formula is C15H17FN2OS. The van der Waals surface area contributed by atoms with Gasteiger partial charge in [0.1, 0.15) is 5.82 Å². The maximum Gasteiger partial charge on any atom is 0.220 e. The molecule has 2 aromatic rings. The second kappa shape index (κ2) is 7.75. The van der Waals surface area contributed by atoms with Crippen LogP contribution in [0.1, 0.15) is 24.1 Å². The number of amides is 1. The van der Waals surface area contributed by atoms with Gasteiger partial charge >= 0.3 is 0 Å². The molecule has 0 bridgehead atoms. The normalized spacial score (nSPS) is 10.4. The number of carbonyl (C=O) groups excluding carboxylic acids is 1. The largest absolute Gasteiger partial charge is 0.356 e. The fraction of sp³-hybridized carbons (Fsp3) is 0.333.